The topological polar surface area (TPSA) is 40.5 Å². The molecule has 0 bridgehead atoms. The second-order valence-electron chi connectivity index (χ2n) is 11.2. The van der Waals surface area contributed by atoms with Crippen LogP contribution in [0.2, 0.25) is 0 Å². The molecule has 0 spiro atoms. The maximum absolute atomic E-state index is 7.57. The highest BCUT2D eigenvalue weighted by atomic mass is 16.3. The van der Waals surface area contributed by atoms with Gasteiger partial charge in [0.25, 0.3) is 0 Å². The van der Waals surface area contributed by atoms with Crippen LogP contribution in [0.15, 0.2) is 0 Å². The number of aliphatic hydroxyl groups is 2. The molecule has 3 saturated carbocycles. The van der Waals surface area contributed by atoms with Crippen molar-refractivity contribution in [2.24, 2.45) is 0 Å². The van der Waals surface area contributed by atoms with E-state index in [0.29, 0.717) is 0 Å². The van der Waals surface area contributed by atoms with Crippen LogP contribution in [0.4, 0.5) is 0 Å². The van der Waals surface area contributed by atoms with Crippen LogP contribution < -0.4 is 0 Å². The largest absolute Gasteiger partial charge is 0.397 e. The van der Waals surface area contributed by atoms with Crippen molar-refractivity contribution in [2.75, 3.05) is 13.2 Å². The molecular formula is C34H72O2. The second kappa shape index (κ2) is 39.4. The smallest absolute Gasteiger partial charge is 0.0402 e. The number of hydrogen-bond donors (Lipinski definition) is 2. The summed E-state index contributed by atoms with van der Waals surface area (Å²) in [6, 6.07) is 0. The van der Waals surface area contributed by atoms with Gasteiger partial charge in [-0.15, -0.1) is 0 Å². The molecule has 0 radical (unpaired) electrons. The minimum absolute atomic E-state index is 0.250. The van der Waals surface area contributed by atoms with Crippen molar-refractivity contribution in [3.8, 4) is 0 Å². The zero-order chi connectivity index (χ0) is 26.6. The normalized spacial score (nSPS) is 21.0. The number of rotatable bonds is 0. The minimum Gasteiger partial charge on any atom is -0.397 e. The molecule has 36 heavy (non-hydrogen) atoms. The summed E-state index contributed by atoms with van der Waals surface area (Å²) in [6.07, 6.45) is 45.0. The van der Waals surface area contributed by atoms with Gasteiger partial charge in [0.15, 0.2) is 0 Å². The van der Waals surface area contributed by atoms with Crippen molar-refractivity contribution in [2.45, 2.75) is 206 Å². The first-order chi connectivity index (χ1) is 17.8. The molecule has 0 saturated heterocycles. The lowest BCUT2D eigenvalue weighted by atomic mass is 10.0. The maximum atomic E-state index is 7.57. The summed E-state index contributed by atoms with van der Waals surface area (Å²) in [4.78, 5) is 0. The minimum atomic E-state index is 0.250. The molecule has 0 atom stereocenters. The second-order valence-corrected chi connectivity index (χ2v) is 11.2. The van der Waals surface area contributed by atoms with Gasteiger partial charge in [-0.3, -0.25) is 0 Å². The Labute approximate surface area is 229 Å². The molecule has 3 fully saturated rings. The highest BCUT2D eigenvalue weighted by Gasteiger charge is 1.97. The molecule has 3 aliphatic rings. The third-order valence-electron chi connectivity index (χ3n) is 7.50. The first-order valence-electron chi connectivity index (χ1n) is 17.0. The molecule has 2 heteroatoms. The van der Waals surface area contributed by atoms with E-state index in [1.165, 1.54) is 193 Å². The molecule has 2 N–H and O–H groups in total. The molecule has 0 aromatic heterocycles. The van der Waals surface area contributed by atoms with Crippen LogP contribution in [-0.2, 0) is 0 Å². The lowest BCUT2D eigenvalue weighted by Crippen LogP contribution is -1.85. The van der Waals surface area contributed by atoms with Crippen molar-refractivity contribution >= 4 is 0 Å². The lowest BCUT2D eigenvalue weighted by Gasteiger charge is -2.05. The summed E-state index contributed by atoms with van der Waals surface area (Å²) in [5.41, 5.74) is 0. The summed E-state index contributed by atoms with van der Waals surface area (Å²) in [7, 11) is 0. The average Bonchev–Trinajstić information content (AvgIpc) is 2.91. The molecule has 3 rings (SSSR count). The van der Waals surface area contributed by atoms with Gasteiger partial charge in [-0.1, -0.05) is 193 Å². The molecule has 3 aliphatic carbocycles. The van der Waals surface area contributed by atoms with Crippen molar-refractivity contribution in [3.63, 3.8) is 0 Å². The van der Waals surface area contributed by atoms with Gasteiger partial charge in [0.05, 0.1) is 0 Å². The third kappa shape index (κ3) is 41.1. The average molecular weight is 513 g/mol. The number of aliphatic hydroxyl groups excluding tert-OH is 2. The summed E-state index contributed by atoms with van der Waals surface area (Å²) >= 11 is 0. The van der Waals surface area contributed by atoms with Gasteiger partial charge in [0.1, 0.15) is 0 Å². The van der Waals surface area contributed by atoms with Crippen LogP contribution in [0.3, 0.4) is 0 Å². The standard InChI is InChI=1S/3C10H20.2C2H6O/c3*1-2-4-6-8-10-9-7-5-3-1;2*1-2-3/h3*1-10H2;2*3H,2H2,1H3. The van der Waals surface area contributed by atoms with Gasteiger partial charge in [0, 0.05) is 13.2 Å². The predicted octanol–water partition coefficient (Wildman–Crippen LogP) is 11.7. The van der Waals surface area contributed by atoms with Crippen LogP contribution in [0.5, 0.6) is 0 Å². The summed E-state index contributed by atoms with van der Waals surface area (Å²) in [5, 5.41) is 15.1. The molecule has 0 aromatic carbocycles. The molecule has 0 amide bonds. The first-order valence-corrected chi connectivity index (χ1v) is 17.0. The van der Waals surface area contributed by atoms with E-state index >= 15 is 0 Å². The summed E-state index contributed by atoms with van der Waals surface area (Å²) < 4.78 is 0. The van der Waals surface area contributed by atoms with E-state index < -0.39 is 0 Å². The summed E-state index contributed by atoms with van der Waals surface area (Å²) in [5.74, 6) is 0. The predicted molar refractivity (Wildman–Crippen MR) is 164 cm³/mol. The van der Waals surface area contributed by atoms with Crippen molar-refractivity contribution in [1.29, 1.82) is 0 Å². The fourth-order valence-corrected chi connectivity index (χ4v) is 5.30. The zero-order valence-electron chi connectivity index (χ0n) is 25.5. The Balaban J connectivity index is 0. The van der Waals surface area contributed by atoms with Crippen LogP contribution >= 0.6 is 0 Å². The Hall–Kier alpha value is -0.0800. The fourth-order valence-electron chi connectivity index (χ4n) is 5.30. The van der Waals surface area contributed by atoms with Gasteiger partial charge in [-0.2, -0.15) is 0 Å². The lowest BCUT2D eigenvalue weighted by molar-refractivity contribution is 0.318. The Morgan fingerprint density at radius 1 is 0.222 bits per heavy atom. The van der Waals surface area contributed by atoms with E-state index in [4.69, 9.17) is 10.2 Å². The van der Waals surface area contributed by atoms with E-state index in [-0.39, 0.29) is 13.2 Å². The van der Waals surface area contributed by atoms with E-state index in [1.807, 2.05) is 0 Å². The summed E-state index contributed by atoms with van der Waals surface area (Å²) in [6.45, 7) is 3.86. The van der Waals surface area contributed by atoms with Crippen LogP contribution in [0.25, 0.3) is 0 Å². The van der Waals surface area contributed by atoms with Gasteiger partial charge >= 0.3 is 0 Å². The Kier molecular flexibility index (Phi) is 41.7. The Bertz CT molecular complexity index is 182. The fraction of sp³-hybridized carbons (Fsp3) is 1.00. The van der Waals surface area contributed by atoms with Crippen molar-refractivity contribution in [1.82, 2.24) is 0 Å². The van der Waals surface area contributed by atoms with E-state index in [0.717, 1.165) is 0 Å². The Morgan fingerprint density at radius 2 is 0.250 bits per heavy atom. The highest BCUT2D eigenvalue weighted by molar-refractivity contribution is 4.53. The molecule has 0 heterocycles. The van der Waals surface area contributed by atoms with E-state index in [9.17, 15) is 0 Å². The third-order valence-corrected chi connectivity index (χ3v) is 7.50. The zero-order valence-corrected chi connectivity index (χ0v) is 25.5. The SMILES string of the molecule is C1CCCCCCCCC1.C1CCCCCCCCC1.C1CCCCCCCCC1.CCO.CCO. The van der Waals surface area contributed by atoms with Gasteiger partial charge in [-0.05, 0) is 13.8 Å². The Morgan fingerprint density at radius 3 is 0.278 bits per heavy atom. The molecule has 0 unspecified atom stereocenters. The molecule has 220 valence electrons. The first kappa shape index (κ1) is 38.1. The van der Waals surface area contributed by atoms with Crippen molar-refractivity contribution < 1.29 is 10.2 Å². The van der Waals surface area contributed by atoms with Gasteiger partial charge in [0.2, 0.25) is 0 Å². The number of hydrogen-bond acceptors (Lipinski definition) is 2. The molecular weight excluding hydrogens is 440 g/mol. The van der Waals surface area contributed by atoms with Crippen LogP contribution in [0.1, 0.15) is 206 Å². The van der Waals surface area contributed by atoms with Crippen LogP contribution in [-0.4, -0.2) is 23.4 Å². The molecule has 0 aromatic rings. The van der Waals surface area contributed by atoms with Gasteiger partial charge < -0.3 is 10.2 Å². The highest BCUT2D eigenvalue weighted by Crippen LogP contribution is 2.17. The van der Waals surface area contributed by atoms with E-state index in [1.54, 1.807) is 13.8 Å². The van der Waals surface area contributed by atoms with Crippen LogP contribution in [0, 0.1) is 0 Å². The monoisotopic (exact) mass is 513 g/mol. The van der Waals surface area contributed by atoms with Crippen molar-refractivity contribution in [3.05, 3.63) is 0 Å². The molecule has 2 nitrogen and oxygen atoms in total. The maximum Gasteiger partial charge on any atom is 0.0402 e. The quantitative estimate of drug-likeness (QED) is 0.339. The van der Waals surface area contributed by atoms with E-state index in [2.05, 4.69) is 0 Å². The van der Waals surface area contributed by atoms with Gasteiger partial charge in [-0.25, -0.2) is 0 Å². The molecule has 0 aliphatic heterocycles.